The highest BCUT2D eigenvalue weighted by Crippen LogP contribution is 2.34. The molecule has 2 unspecified atom stereocenters. The monoisotopic (exact) mass is 456 g/mol. The van der Waals surface area contributed by atoms with E-state index < -0.39 is 23.3 Å². The van der Waals surface area contributed by atoms with E-state index in [1.807, 2.05) is 20.8 Å². The van der Waals surface area contributed by atoms with E-state index in [-0.39, 0.29) is 42.1 Å². The van der Waals surface area contributed by atoms with Crippen LogP contribution in [0.4, 0.5) is 8.78 Å². The molecule has 0 radical (unpaired) electrons. The van der Waals surface area contributed by atoms with Crippen LogP contribution < -0.4 is 11.1 Å². The molecule has 3 rings (SSSR count). The second-order valence-electron chi connectivity index (χ2n) is 8.83. The number of nitrogens with zero attached hydrogens (tertiary/aromatic N) is 2. The fraction of sp³-hybridized carbons (Fsp3) is 0.400. The lowest BCUT2D eigenvalue weighted by Gasteiger charge is -2.39. The van der Waals surface area contributed by atoms with Crippen molar-refractivity contribution >= 4 is 17.8 Å². The molecule has 1 aliphatic heterocycles. The van der Waals surface area contributed by atoms with Crippen molar-refractivity contribution in [2.45, 2.75) is 58.7 Å². The Labute approximate surface area is 192 Å². The topological polar surface area (TPSA) is 87.8 Å². The second-order valence-corrected chi connectivity index (χ2v) is 8.83. The van der Waals surface area contributed by atoms with Gasteiger partial charge in [0.2, 0.25) is 5.91 Å². The van der Waals surface area contributed by atoms with Gasteiger partial charge in [-0.3, -0.25) is 14.5 Å². The van der Waals surface area contributed by atoms with E-state index >= 15 is 0 Å². The van der Waals surface area contributed by atoms with Crippen LogP contribution in [0.15, 0.2) is 47.5 Å². The predicted octanol–water partition coefficient (Wildman–Crippen LogP) is 4.31. The van der Waals surface area contributed by atoms with Gasteiger partial charge in [0, 0.05) is 5.56 Å². The van der Waals surface area contributed by atoms with Gasteiger partial charge < -0.3 is 11.1 Å². The van der Waals surface area contributed by atoms with Crippen molar-refractivity contribution in [1.82, 2.24) is 10.2 Å². The van der Waals surface area contributed by atoms with Crippen LogP contribution in [0.3, 0.4) is 0 Å². The van der Waals surface area contributed by atoms with Crippen LogP contribution >= 0.6 is 0 Å². The largest absolute Gasteiger partial charge is 0.369 e. The van der Waals surface area contributed by atoms with Crippen molar-refractivity contribution in [3.05, 3.63) is 70.8 Å². The molecule has 0 saturated carbocycles. The summed E-state index contributed by atoms with van der Waals surface area (Å²) in [7, 11) is 0. The molecule has 0 saturated heterocycles. The number of hydrogen-bond acceptors (Lipinski definition) is 4. The van der Waals surface area contributed by atoms with Crippen LogP contribution in [0, 0.1) is 17.6 Å². The molecule has 2 aromatic carbocycles. The number of benzene rings is 2. The van der Waals surface area contributed by atoms with Crippen molar-refractivity contribution in [2.24, 2.45) is 16.6 Å². The third-order valence-corrected chi connectivity index (χ3v) is 6.34. The lowest BCUT2D eigenvalue weighted by atomic mass is 9.80. The third-order valence-electron chi connectivity index (χ3n) is 6.34. The number of carbonyl (C=O) groups excluding carboxylic acids is 2. The number of hydrogen-bond donors (Lipinski definition) is 2. The van der Waals surface area contributed by atoms with Crippen molar-refractivity contribution in [3.8, 4) is 0 Å². The first-order valence-electron chi connectivity index (χ1n) is 11.1. The molecule has 2 aromatic rings. The number of aliphatic imine (C=N–C) groups is 1. The molecule has 176 valence electrons. The first-order chi connectivity index (χ1) is 15.5. The van der Waals surface area contributed by atoms with Crippen LogP contribution in [0.1, 0.15) is 68.1 Å². The van der Waals surface area contributed by atoms with Crippen molar-refractivity contribution < 1.29 is 18.4 Å². The van der Waals surface area contributed by atoms with Gasteiger partial charge in [-0.25, -0.2) is 13.8 Å². The van der Waals surface area contributed by atoms with E-state index in [0.717, 1.165) is 6.07 Å². The molecule has 8 heteroatoms. The minimum absolute atomic E-state index is 0.0115. The van der Waals surface area contributed by atoms with E-state index in [0.29, 0.717) is 17.5 Å². The molecule has 0 aliphatic carbocycles. The number of amides is 2. The summed E-state index contributed by atoms with van der Waals surface area (Å²) in [4.78, 5) is 31.6. The normalized spacial score (nSPS) is 19.4. The van der Waals surface area contributed by atoms with Gasteiger partial charge in [0.25, 0.3) is 5.91 Å². The van der Waals surface area contributed by atoms with Crippen LogP contribution in [-0.2, 0) is 11.3 Å². The minimum Gasteiger partial charge on any atom is -0.369 e. The van der Waals surface area contributed by atoms with Gasteiger partial charge in [-0.2, -0.15) is 0 Å². The summed E-state index contributed by atoms with van der Waals surface area (Å²) in [6, 6.07) is 9.30. The van der Waals surface area contributed by atoms with Gasteiger partial charge in [-0.1, -0.05) is 32.9 Å². The zero-order valence-corrected chi connectivity index (χ0v) is 19.4. The van der Waals surface area contributed by atoms with Gasteiger partial charge in [0.15, 0.2) is 5.96 Å². The Morgan fingerprint density at radius 2 is 1.82 bits per heavy atom. The standard InChI is InChI=1S/C25H30F2N4O2/c1-5-25(15(2)3)13-22(32)31(24(28)30-25)14-17-10-19(12-21(27)11-17)23(33)29-16(4)18-6-8-20(26)9-7-18/h6-12,15-16H,5,13-14H2,1-4H3,(H2,28,30)(H,29,33). The van der Waals surface area contributed by atoms with Crippen LogP contribution in [0.5, 0.6) is 0 Å². The van der Waals surface area contributed by atoms with E-state index in [1.54, 1.807) is 19.1 Å². The molecule has 6 nitrogen and oxygen atoms in total. The molecule has 2 atom stereocenters. The Kier molecular flexibility index (Phi) is 7.15. The highest BCUT2D eigenvalue weighted by atomic mass is 19.1. The number of carbonyl (C=O) groups is 2. The van der Waals surface area contributed by atoms with Crippen molar-refractivity contribution in [1.29, 1.82) is 0 Å². The van der Waals surface area contributed by atoms with Gasteiger partial charge in [0.05, 0.1) is 24.5 Å². The zero-order valence-electron chi connectivity index (χ0n) is 19.4. The Balaban J connectivity index is 1.79. The minimum atomic E-state index is -0.600. The maximum atomic E-state index is 14.3. The molecular formula is C25H30F2N4O2. The average molecular weight is 457 g/mol. The molecule has 0 aromatic heterocycles. The van der Waals surface area contributed by atoms with Crippen molar-refractivity contribution in [2.75, 3.05) is 0 Å². The molecule has 0 fully saturated rings. The molecule has 0 spiro atoms. The molecule has 3 N–H and O–H groups in total. The fourth-order valence-electron chi connectivity index (χ4n) is 4.10. The van der Waals surface area contributed by atoms with Gasteiger partial charge in [0.1, 0.15) is 11.6 Å². The number of rotatable bonds is 7. The second kappa shape index (κ2) is 9.68. The highest BCUT2D eigenvalue weighted by molar-refractivity contribution is 5.99. The quantitative estimate of drug-likeness (QED) is 0.651. The van der Waals surface area contributed by atoms with Gasteiger partial charge >= 0.3 is 0 Å². The summed E-state index contributed by atoms with van der Waals surface area (Å²) in [6.07, 6.45) is 0.904. The van der Waals surface area contributed by atoms with E-state index in [1.165, 1.54) is 29.2 Å². The smallest absolute Gasteiger partial charge is 0.251 e. The fourth-order valence-corrected chi connectivity index (χ4v) is 4.10. The van der Waals surface area contributed by atoms with E-state index in [4.69, 9.17) is 5.73 Å². The highest BCUT2D eigenvalue weighted by Gasteiger charge is 2.40. The molecule has 33 heavy (non-hydrogen) atoms. The summed E-state index contributed by atoms with van der Waals surface area (Å²) in [5, 5.41) is 2.78. The van der Waals surface area contributed by atoms with Gasteiger partial charge in [-0.15, -0.1) is 0 Å². The lowest BCUT2D eigenvalue weighted by Crippen LogP contribution is -2.52. The van der Waals surface area contributed by atoms with E-state index in [9.17, 15) is 18.4 Å². The summed E-state index contributed by atoms with van der Waals surface area (Å²) in [6.45, 7) is 7.76. The molecule has 2 amide bonds. The Morgan fingerprint density at radius 3 is 2.39 bits per heavy atom. The first kappa shape index (κ1) is 24.4. The number of halogens is 2. The molecule has 1 heterocycles. The Morgan fingerprint density at radius 1 is 1.15 bits per heavy atom. The average Bonchev–Trinajstić information content (AvgIpc) is 2.76. The summed E-state index contributed by atoms with van der Waals surface area (Å²) < 4.78 is 27.5. The molecule has 1 aliphatic rings. The summed E-state index contributed by atoms with van der Waals surface area (Å²) in [5.41, 5.74) is 6.85. The zero-order chi connectivity index (χ0) is 24.3. The predicted molar refractivity (Wildman–Crippen MR) is 123 cm³/mol. The van der Waals surface area contributed by atoms with E-state index in [2.05, 4.69) is 10.3 Å². The molecular weight excluding hydrogens is 426 g/mol. The van der Waals surface area contributed by atoms with Crippen LogP contribution in [-0.4, -0.2) is 28.2 Å². The number of nitrogens with two attached hydrogens (primary N) is 1. The van der Waals surface area contributed by atoms with Gasteiger partial charge in [-0.05, 0) is 60.7 Å². The number of nitrogens with one attached hydrogen (secondary N) is 1. The number of guanidine groups is 1. The Hall–Kier alpha value is -3.29. The maximum absolute atomic E-state index is 14.3. The lowest BCUT2D eigenvalue weighted by molar-refractivity contribution is -0.130. The summed E-state index contributed by atoms with van der Waals surface area (Å²) >= 11 is 0. The summed E-state index contributed by atoms with van der Waals surface area (Å²) in [5.74, 6) is -1.40. The molecule has 0 bridgehead atoms. The maximum Gasteiger partial charge on any atom is 0.251 e. The van der Waals surface area contributed by atoms with Crippen molar-refractivity contribution in [3.63, 3.8) is 0 Å². The van der Waals surface area contributed by atoms with Crippen LogP contribution in [0.25, 0.3) is 0 Å². The van der Waals surface area contributed by atoms with Crippen LogP contribution in [0.2, 0.25) is 0 Å². The first-order valence-corrected chi connectivity index (χ1v) is 11.1. The SMILES string of the molecule is CCC1(C(C)C)CC(=O)N(Cc2cc(F)cc(C(=O)NC(C)c3ccc(F)cc3)c2)C(N)=N1. The Bertz CT molecular complexity index is 1070. The third kappa shape index (κ3) is 5.38.